The summed E-state index contributed by atoms with van der Waals surface area (Å²) in [5, 5.41) is 4.67. The summed E-state index contributed by atoms with van der Waals surface area (Å²) in [6.07, 6.45) is 1.49. The van der Waals surface area contributed by atoms with Gasteiger partial charge in [0.15, 0.2) is 0 Å². The van der Waals surface area contributed by atoms with Gasteiger partial charge < -0.3 is 5.73 Å². The molecule has 4 nitrogen and oxygen atoms in total. The Morgan fingerprint density at radius 3 is 2.65 bits per heavy atom. The van der Waals surface area contributed by atoms with Crippen LogP contribution in [0.5, 0.6) is 0 Å². The second kappa shape index (κ2) is 7.64. The third-order valence-electron chi connectivity index (χ3n) is 3.97. The fourth-order valence-electron chi connectivity index (χ4n) is 2.88. The van der Waals surface area contributed by atoms with Crippen molar-refractivity contribution in [2.75, 3.05) is 5.75 Å². The topological polar surface area (TPSA) is 67.5 Å². The van der Waals surface area contributed by atoms with Gasteiger partial charge in [-0.25, -0.2) is 14.6 Å². The van der Waals surface area contributed by atoms with Crippen molar-refractivity contribution in [1.29, 1.82) is 0 Å². The molecule has 3 N–H and O–H groups in total. The Morgan fingerprint density at radius 2 is 2.00 bits per heavy atom. The van der Waals surface area contributed by atoms with Crippen LogP contribution in [-0.4, -0.2) is 18.0 Å². The van der Waals surface area contributed by atoms with Gasteiger partial charge in [-0.15, -0.1) is 23.4 Å². The Bertz CT molecular complexity index is 875. The number of hydrogen-bond donors (Lipinski definition) is 2. The molecule has 0 bridgehead atoms. The number of rotatable bonds is 3. The molecular formula is C17H13Cl3FN3OS. The zero-order chi connectivity index (χ0) is 18.9. The molecule has 2 amide bonds. The standard InChI is InChI=1S/C17H13Cl3FN3OS/c18-11-3-9(4-12(19)5-11)17(20)10(7-23-24-16(22)25)8-26-15-2-1-13(21)6-14(15)17/h1-7,10H,8H2,(H3,22,24,25). The van der Waals surface area contributed by atoms with Crippen LogP contribution < -0.4 is 11.2 Å². The average Bonchev–Trinajstić information content (AvgIpc) is 2.56. The highest BCUT2D eigenvalue weighted by atomic mass is 35.5. The van der Waals surface area contributed by atoms with Gasteiger partial charge in [-0.05, 0) is 47.5 Å². The van der Waals surface area contributed by atoms with Gasteiger partial charge in [-0.3, -0.25) is 0 Å². The minimum Gasteiger partial charge on any atom is -0.350 e. The first-order valence-electron chi connectivity index (χ1n) is 7.47. The molecule has 0 aliphatic carbocycles. The van der Waals surface area contributed by atoms with Gasteiger partial charge >= 0.3 is 6.03 Å². The predicted molar refractivity (Wildman–Crippen MR) is 105 cm³/mol. The van der Waals surface area contributed by atoms with E-state index >= 15 is 0 Å². The molecule has 2 aromatic rings. The molecule has 0 fully saturated rings. The van der Waals surface area contributed by atoms with E-state index in [1.807, 2.05) is 0 Å². The van der Waals surface area contributed by atoms with E-state index in [0.29, 0.717) is 26.9 Å². The van der Waals surface area contributed by atoms with Crippen molar-refractivity contribution < 1.29 is 9.18 Å². The summed E-state index contributed by atoms with van der Waals surface area (Å²) in [5.74, 6) is -0.240. The molecule has 2 atom stereocenters. The largest absolute Gasteiger partial charge is 0.350 e. The summed E-state index contributed by atoms with van der Waals surface area (Å²) in [4.78, 5) is 10.6. The SMILES string of the molecule is NC(=O)NN=CC1CSc2ccc(F)cc2C1(Cl)c1cc(Cl)cc(Cl)c1. The van der Waals surface area contributed by atoms with Gasteiger partial charge in [0.2, 0.25) is 0 Å². The smallest absolute Gasteiger partial charge is 0.332 e. The van der Waals surface area contributed by atoms with E-state index in [-0.39, 0.29) is 5.92 Å². The van der Waals surface area contributed by atoms with E-state index in [4.69, 9.17) is 40.5 Å². The van der Waals surface area contributed by atoms with Gasteiger partial charge in [-0.1, -0.05) is 23.2 Å². The normalized spacial score (nSPS) is 22.2. The number of benzene rings is 2. The van der Waals surface area contributed by atoms with Gasteiger partial charge in [-0.2, -0.15) is 5.10 Å². The monoisotopic (exact) mass is 431 g/mol. The van der Waals surface area contributed by atoms with Crippen molar-refractivity contribution in [2.45, 2.75) is 9.77 Å². The van der Waals surface area contributed by atoms with Gasteiger partial charge in [0, 0.05) is 32.8 Å². The number of urea groups is 1. The number of halogens is 4. The van der Waals surface area contributed by atoms with Crippen LogP contribution in [-0.2, 0) is 4.87 Å². The highest BCUT2D eigenvalue weighted by molar-refractivity contribution is 7.99. The quantitative estimate of drug-likeness (QED) is 0.407. The Kier molecular flexibility index (Phi) is 5.67. The fraction of sp³-hybridized carbons (Fsp3) is 0.176. The summed E-state index contributed by atoms with van der Waals surface area (Å²) in [7, 11) is 0. The molecule has 26 heavy (non-hydrogen) atoms. The third-order valence-corrected chi connectivity index (χ3v) is 6.31. The Morgan fingerprint density at radius 1 is 1.31 bits per heavy atom. The average molecular weight is 433 g/mol. The van der Waals surface area contributed by atoms with Gasteiger partial charge in [0.05, 0.1) is 0 Å². The number of nitrogens with zero attached hydrogens (tertiary/aromatic N) is 1. The summed E-state index contributed by atoms with van der Waals surface area (Å²) in [6.45, 7) is 0. The number of hydrazone groups is 1. The first-order chi connectivity index (χ1) is 12.3. The summed E-state index contributed by atoms with van der Waals surface area (Å²) >= 11 is 20.9. The molecule has 9 heteroatoms. The zero-order valence-electron chi connectivity index (χ0n) is 13.2. The zero-order valence-corrected chi connectivity index (χ0v) is 16.3. The molecule has 0 saturated carbocycles. The molecule has 0 spiro atoms. The van der Waals surface area contributed by atoms with Crippen LogP contribution in [0.25, 0.3) is 0 Å². The first-order valence-corrected chi connectivity index (χ1v) is 9.59. The van der Waals surface area contributed by atoms with Crippen LogP contribution in [0.1, 0.15) is 11.1 Å². The van der Waals surface area contributed by atoms with Crippen molar-refractivity contribution in [1.82, 2.24) is 5.43 Å². The van der Waals surface area contributed by atoms with Crippen molar-refractivity contribution in [3.05, 3.63) is 63.4 Å². The highest BCUT2D eigenvalue weighted by Gasteiger charge is 2.45. The molecule has 1 aliphatic heterocycles. The number of carbonyl (C=O) groups excluding carboxylic acids is 1. The number of carbonyl (C=O) groups is 1. The maximum Gasteiger partial charge on any atom is 0.332 e. The Hall–Kier alpha value is -1.47. The number of thioether (sulfide) groups is 1. The Balaban J connectivity index is 2.17. The third kappa shape index (κ3) is 3.78. The number of alkyl halides is 1. The van der Waals surface area contributed by atoms with Gasteiger partial charge in [0.1, 0.15) is 10.7 Å². The molecule has 1 aliphatic rings. The van der Waals surface area contributed by atoms with Crippen molar-refractivity contribution in [3.63, 3.8) is 0 Å². The number of amides is 2. The summed E-state index contributed by atoms with van der Waals surface area (Å²) in [5.41, 5.74) is 8.39. The Labute approximate surface area is 168 Å². The van der Waals surface area contributed by atoms with E-state index in [1.54, 1.807) is 24.3 Å². The number of hydrogen-bond acceptors (Lipinski definition) is 3. The van der Waals surface area contributed by atoms with Crippen LogP contribution in [0.4, 0.5) is 9.18 Å². The van der Waals surface area contributed by atoms with Crippen LogP contribution >= 0.6 is 46.6 Å². The van der Waals surface area contributed by atoms with Crippen molar-refractivity contribution >= 4 is 58.8 Å². The number of nitrogens with two attached hydrogens (primary N) is 1. The van der Waals surface area contributed by atoms with Crippen molar-refractivity contribution in [3.8, 4) is 0 Å². The maximum atomic E-state index is 14.0. The lowest BCUT2D eigenvalue weighted by Crippen LogP contribution is -2.38. The highest BCUT2D eigenvalue weighted by Crippen LogP contribution is 2.52. The molecule has 0 radical (unpaired) electrons. The van der Waals surface area contributed by atoms with E-state index in [2.05, 4.69) is 10.5 Å². The van der Waals surface area contributed by atoms with E-state index in [1.165, 1.54) is 30.1 Å². The minimum atomic E-state index is -1.17. The van der Waals surface area contributed by atoms with E-state index < -0.39 is 16.7 Å². The van der Waals surface area contributed by atoms with Crippen LogP contribution in [0, 0.1) is 11.7 Å². The van der Waals surface area contributed by atoms with Crippen LogP contribution in [0.2, 0.25) is 10.0 Å². The second-order valence-corrected chi connectivity index (χ2v) is 8.21. The molecule has 3 rings (SSSR count). The second-order valence-electron chi connectivity index (χ2n) is 5.68. The van der Waals surface area contributed by atoms with E-state index in [0.717, 1.165) is 4.90 Å². The predicted octanol–water partition coefficient (Wildman–Crippen LogP) is 4.99. The lowest BCUT2D eigenvalue weighted by Gasteiger charge is -2.39. The summed E-state index contributed by atoms with van der Waals surface area (Å²) in [6, 6.07) is 8.65. The lowest BCUT2D eigenvalue weighted by atomic mass is 9.80. The fourth-order valence-corrected chi connectivity index (χ4v) is 5.18. The number of nitrogens with one attached hydrogen (secondary N) is 1. The lowest BCUT2D eigenvalue weighted by molar-refractivity contribution is 0.249. The molecule has 2 unspecified atom stereocenters. The minimum absolute atomic E-state index is 0.384. The summed E-state index contributed by atoms with van der Waals surface area (Å²) < 4.78 is 14.0. The number of fused-ring (bicyclic) bond motifs is 1. The van der Waals surface area contributed by atoms with Gasteiger partial charge in [0.25, 0.3) is 0 Å². The molecule has 136 valence electrons. The maximum absolute atomic E-state index is 14.0. The van der Waals surface area contributed by atoms with Crippen molar-refractivity contribution in [2.24, 2.45) is 16.8 Å². The molecular weight excluding hydrogens is 420 g/mol. The van der Waals surface area contributed by atoms with Crippen LogP contribution in [0.3, 0.4) is 0 Å². The van der Waals surface area contributed by atoms with Crippen LogP contribution in [0.15, 0.2) is 46.4 Å². The molecule has 2 aromatic carbocycles. The number of primary amides is 1. The molecule has 1 heterocycles. The molecule has 0 aromatic heterocycles. The molecule has 0 saturated heterocycles. The van der Waals surface area contributed by atoms with E-state index in [9.17, 15) is 9.18 Å². The first kappa shape index (κ1) is 19.3.